The Labute approximate surface area is 226 Å². The number of carbonyl (C=O) groups excluding carboxylic acids is 1. The molecule has 0 aliphatic heterocycles. The lowest BCUT2D eigenvalue weighted by Crippen LogP contribution is -2.03. The summed E-state index contributed by atoms with van der Waals surface area (Å²) in [6.07, 6.45) is 1.06. The Kier molecular flexibility index (Phi) is 6.51. The second-order valence-electron chi connectivity index (χ2n) is 9.51. The third kappa shape index (κ3) is 4.84. The van der Waals surface area contributed by atoms with Gasteiger partial charge in [0.1, 0.15) is 5.75 Å². The Morgan fingerprint density at radius 3 is 2.13 bits per heavy atom. The Hall–Kier alpha value is -4.97. The van der Waals surface area contributed by atoms with Crippen molar-refractivity contribution in [3.05, 3.63) is 109 Å². The summed E-state index contributed by atoms with van der Waals surface area (Å²) >= 11 is 0. The fraction of sp³-hybridized carbons (Fsp3) is 0.121. The van der Waals surface area contributed by atoms with Crippen molar-refractivity contribution in [2.24, 2.45) is 0 Å². The van der Waals surface area contributed by atoms with Crippen LogP contribution in [0.5, 0.6) is 5.75 Å². The first-order valence-corrected chi connectivity index (χ1v) is 12.9. The Bertz CT molecular complexity index is 1760. The van der Waals surface area contributed by atoms with Crippen molar-refractivity contribution >= 4 is 27.6 Å². The number of ketones is 1. The molecule has 0 radical (unpaired) electrons. The van der Waals surface area contributed by atoms with Gasteiger partial charge >= 0.3 is 0 Å². The van der Waals surface area contributed by atoms with Gasteiger partial charge in [0.25, 0.3) is 0 Å². The molecule has 0 amide bonds. The van der Waals surface area contributed by atoms with Gasteiger partial charge in [0.15, 0.2) is 5.78 Å². The third-order valence-electron chi connectivity index (χ3n) is 6.75. The van der Waals surface area contributed by atoms with E-state index in [4.69, 9.17) is 9.15 Å². The molecule has 0 aliphatic rings. The molecule has 0 bridgehead atoms. The van der Waals surface area contributed by atoms with E-state index in [1.54, 1.807) is 6.92 Å². The molecular weight excluding hydrogens is 486 g/mol. The van der Waals surface area contributed by atoms with Crippen LogP contribution in [0.15, 0.2) is 114 Å². The normalized spacial score (nSPS) is 11.2. The molecule has 6 aromatic rings. The predicted molar refractivity (Wildman–Crippen MR) is 154 cm³/mol. The van der Waals surface area contributed by atoms with E-state index in [0.717, 1.165) is 27.8 Å². The van der Waals surface area contributed by atoms with E-state index >= 15 is 0 Å². The summed E-state index contributed by atoms with van der Waals surface area (Å²) in [7, 11) is 0. The highest BCUT2D eigenvalue weighted by molar-refractivity contribution is 6.09. The fourth-order valence-electron chi connectivity index (χ4n) is 4.77. The highest BCUT2D eigenvalue weighted by atomic mass is 16.5. The van der Waals surface area contributed by atoms with Crippen molar-refractivity contribution in [2.45, 2.75) is 19.8 Å². The molecule has 6 rings (SSSR count). The van der Waals surface area contributed by atoms with Crippen LogP contribution in [-0.2, 0) is 4.79 Å². The zero-order valence-electron chi connectivity index (χ0n) is 21.6. The molecule has 0 saturated heterocycles. The van der Waals surface area contributed by atoms with E-state index in [2.05, 4.69) is 82.0 Å². The minimum Gasteiger partial charge on any atom is -0.494 e. The van der Waals surface area contributed by atoms with Gasteiger partial charge in [-0.3, -0.25) is 4.79 Å². The number of hydrogen-bond acceptors (Lipinski definition) is 5. The average Bonchev–Trinajstić information content (AvgIpc) is 3.59. The van der Waals surface area contributed by atoms with Crippen molar-refractivity contribution in [1.29, 1.82) is 0 Å². The van der Waals surface area contributed by atoms with Gasteiger partial charge in [-0.2, -0.15) is 0 Å². The standard InChI is InChI=1S/C33H27N3O3/c1-22(2)31(37)15-8-20-38-26-10-7-9-24(21-26)33-35-34-32(39-33)23-16-18-25(19-17-23)36-29-13-5-3-11-27(29)28-12-4-6-14-30(28)36/h3-7,9-14,16-19,21H,1,8,15,20H2,2H3. The molecule has 0 unspecified atom stereocenters. The third-order valence-corrected chi connectivity index (χ3v) is 6.75. The van der Waals surface area contributed by atoms with Crippen molar-refractivity contribution in [2.75, 3.05) is 6.61 Å². The molecule has 2 aromatic heterocycles. The van der Waals surface area contributed by atoms with Crippen LogP contribution in [-0.4, -0.2) is 27.2 Å². The van der Waals surface area contributed by atoms with Crippen LogP contribution in [0.1, 0.15) is 19.8 Å². The molecule has 192 valence electrons. The van der Waals surface area contributed by atoms with Gasteiger partial charge in [0.05, 0.1) is 17.6 Å². The minimum atomic E-state index is 0.0637. The maximum Gasteiger partial charge on any atom is 0.248 e. The number of aromatic nitrogens is 3. The van der Waals surface area contributed by atoms with Crippen molar-refractivity contribution < 1.29 is 13.9 Å². The number of nitrogens with zero attached hydrogens (tertiary/aromatic N) is 3. The van der Waals surface area contributed by atoms with E-state index in [1.165, 1.54) is 10.8 Å². The fourth-order valence-corrected chi connectivity index (χ4v) is 4.77. The largest absolute Gasteiger partial charge is 0.494 e. The summed E-state index contributed by atoms with van der Waals surface area (Å²) in [5.74, 6) is 1.61. The molecule has 6 heteroatoms. The number of ether oxygens (including phenoxy) is 1. The lowest BCUT2D eigenvalue weighted by Gasteiger charge is -2.08. The van der Waals surface area contributed by atoms with Gasteiger partial charge in [-0.25, -0.2) is 0 Å². The van der Waals surface area contributed by atoms with Crippen molar-refractivity contribution in [1.82, 2.24) is 14.8 Å². The zero-order valence-corrected chi connectivity index (χ0v) is 21.6. The summed E-state index contributed by atoms with van der Waals surface area (Å²) < 4.78 is 14.1. The van der Waals surface area contributed by atoms with Crippen LogP contribution >= 0.6 is 0 Å². The summed E-state index contributed by atoms with van der Waals surface area (Å²) in [5.41, 5.74) is 5.57. The number of fused-ring (bicyclic) bond motifs is 3. The molecule has 0 aliphatic carbocycles. The quantitative estimate of drug-likeness (QED) is 0.146. The van der Waals surface area contributed by atoms with Crippen LogP contribution in [0.25, 0.3) is 50.4 Å². The number of hydrogen-bond donors (Lipinski definition) is 0. The number of benzene rings is 4. The second kappa shape index (κ2) is 10.4. The molecule has 0 fully saturated rings. The number of para-hydroxylation sites is 2. The summed E-state index contributed by atoms with van der Waals surface area (Å²) in [6, 6.07) is 32.6. The molecule has 0 N–H and O–H groups in total. The average molecular weight is 514 g/mol. The monoisotopic (exact) mass is 513 g/mol. The first kappa shape index (κ1) is 24.4. The van der Waals surface area contributed by atoms with Crippen molar-refractivity contribution in [3.63, 3.8) is 0 Å². The zero-order chi connectivity index (χ0) is 26.8. The topological polar surface area (TPSA) is 70.2 Å². The summed E-state index contributed by atoms with van der Waals surface area (Å²) in [6.45, 7) is 5.85. The van der Waals surface area contributed by atoms with Crippen LogP contribution in [0.3, 0.4) is 0 Å². The molecule has 0 spiro atoms. The number of carbonyl (C=O) groups is 1. The van der Waals surface area contributed by atoms with Gasteiger partial charge in [-0.05, 0) is 73.5 Å². The second-order valence-corrected chi connectivity index (χ2v) is 9.51. The Morgan fingerprint density at radius 1 is 0.821 bits per heavy atom. The predicted octanol–water partition coefficient (Wildman–Crippen LogP) is 7.80. The van der Waals surface area contributed by atoms with E-state index in [9.17, 15) is 4.79 Å². The number of allylic oxidation sites excluding steroid dienone is 1. The first-order chi connectivity index (χ1) is 19.1. The lowest BCUT2D eigenvalue weighted by atomic mass is 10.1. The molecule has 4 aromatic carbocycles. The van der Waals surface area contributed by atoms with E-state index in [0.29, 0.717) is 42.6 Å². The van der Waals surface area contributed by atoms with E-state index in [1.807, 2.05) is 36.4 Å². The highest BCUT2D eigenvalue weighted by Crippen LogP contribution is 2.33. The maximum absolute atomic E-state index is 11.7. The van der Waals surface area contributed by atoms with Gasteiger partial charge < -0.3 is 13.7 Å². The molecular formula is C33H27N3O3. The molecule has 0 atom stereocenters. The number of rotatable bonds is 9. The van der Waals surface area contributed by atoms with Crippen LogP contribution in [0.4, 0.5) is 0 Å². The SMILES string of the molecule is C=C(C)C(=O)CCCOc1cccc(-c2nnc(-c3ccc(-n4c5ccccc5c5ccccc54)cc3)o2)c1. The van der Waals surface area contributed by atoms with Gasteiger partial charge in [-0.1, -0.05) is 49.0 Å². The smallest absolute Gasteiger partial charge is 0.248 e. The lowest BCUT2D eigenvalue weighted by molar-refractivity contribution is -0.115. The maximum atomic E-state index is 11.7. The van der Waals surface area contributed by atoms with Crippen molar-refractivity contribution in [3.8, 4) is 34.3 Å². The number of Topliss-reactive ketones (excluding diaryl/α,β-unsaturated/α-hetero) is 1. The Morgan fingerprint density at radius 2 is 1.46 bits per heavy atom. The molecule has 2 heterocycles. The van der Waals surface area contributed by atoms with Crippen LogP contribution in [0, 0.1) is 0 Å². The molecule has 0 saturated carbocycles. The van der Waals surface area contributed by atoms with Crippen LogP contribution in [0.2, 0.25) is 0 Å². The minimum absolute atomic E-state index is 0.0637. The highest BCUT2D eigenvalue weighted by Gasteiger charge is 2.14. The molecule has 6 nitrogen and oxygen atoms in total. The Balaban J connectivity index is 1.21. The van der Waals surface area contributed by atoms with Gasteiger partial charge in [-0.15, -0.1) is 10.2 Å². The molecule has 39 heavy (non-hydrogen) atoms. The van der Waals surface area contributed by atoms with Crippen LogP contribution < -0.4 is 4.74 Å². The van der Waals surface area contributed by atoms with Gasteiger partial charge in [0.2, 0.25) is 11.8 Å². The summed E-state index contributed by atoms with van der Waals surface area (Å²) in [4.78, 5) is 11.7. The van der Waals surface area contributed by atoms with E-state index in [-0.39, 0.29) is 5.78 Å². The van der Waals surface area contributed by atoms with E-state index < -0.39 is 0 Å². The first-order valence-electron chi connectivity index (χ1n) is 12.9. The summed E-state index contributed by atoms with van der Waals surface area (Å²) in [5, 5.41) is 11.0. The van der Waals surface area contributed by atoms with Gasteiger partial charge in [0, 0.05) is 34.0 Å².